The second-order valence-corrected chi connectivity index (χ2v) is 5.22. The SMILES string of the molecule is COc1ccc(CCNCc2cccc3c2OCCO3)cc1. The lowest BCUT2D eigenvalue weighted by Crippen LogP contribution is -2.20. The molecule has 1 aliphatic rings. The monoisotopic (exact) mass is 299 g/mol. The molecule has 0 atom stereocenters. The van der Waals surface area contributed by atoms with Gasteiger partial charge >= 0.3 is 0 Å². The topological polar surface area (TPSA) is 39.7 Å². The number of fused-ring (bicyclic) bond motifs is 1. The quantitative estimate of drug-likeness (QED) is 0.833. The molecule has 2 aromatic rings. The largest absolute Gasteiger partial charge is 0.497 e. The minimum absolute atomic E-state index is 0.621. The molecule has 0 radical (unpaired) electrons. The maximum Gasteiger partial charge on any atom is 0.165 e. The molecule has 0 fully saturated rings. The maximum atomic E-state index is 5.72. The highest BCUT2D eigenvalue weighted by Gasteiger charge is 2.14. The highest BCUT2D eigenvalue weighted by Crippen LogP contribution is 2.33. The van der Waals surface area contributed by atoms with Crippen LogP contribution >= 0.6 is 0 Å². The van der Waals surface area contributed by atoms with Gasteiger partial charge in [0, 0.05) is 12.1 Å². The Balaban J connectivity index is 1.51. The van der Waals surface area contributed by atoms with Gasteiger partial charge in [0.1, 0.15) is 19.0 Å². The van der Waals surface area contributed by atoms with E-state index in [-0.39, 0.29) is 0 Å². The molecule has 0 amide bonds. The highest BCUT2D eigenvalue weighted by atomic mass is 16.6. The Hall–Kier alpha value is -2.20. The molecule has 0 spiro atoms. The van der Waals surface area contributed by atoms with Crippen LogP contribution in [-0.4, -0.2) is 26.9 Å². The number of hydrogen-bond acceptors (Lipinski definition) is 4. The highest BCUT2D eigenvalue weighted by molar-refractivity contribution is 5.47. The predicted molar refractivity (Wildman–Crippen MR) is 85.8 cm³/mol. The average molecular weight is 299 g/mol. The van der Waals surface area contributed by atoms with E-state index >= 15 is 0 Å². The molecule has 1 N–H and O–H groups in total. The zero-order valence-corrected chi connectivity index (χ0v) is 12.8. The van der Waals surface area contributed by atoms with Crippen LogP contribution < -0.4 is 19.5 Å². The Morgan fingerprint density at radius 3 is 2.68 bits per heavy atom. The van der Waals surface area contributed by atoms with Gasteiger partial charge in [-0.25, -0.2) is 0 Å². The van der Waals surface area contributed by atoms with Crippen LogP contribution in [0.1, 0.15) is 11.1 Å². The van der Waals surface area contributed by atoms with Gasteiger partial charge in [-0.05, 0) is 36.7 Å². The number of ether oxygens (including phenoxy) is 3. The van der Waals surface area contributed by atoms with Gasteiger partial charge in [-0.3, -0.25) is 0 Å². The van der Waals surface area contributed by atoms with Crippen molar-refractivity contribution in [2.45, 2.75) is 13.0 Å². The zero-order valence-electron chi connectivity index (χ0n) is 12.8. The van der Waals surface area contributed by atoms with Gasteiger partial charge in [-0.15, -0.1) is 0 Å². The Kier molecular flexibility index (Phi) is 4.81. The lowest BCUT2D eigenvalue weighted by molar-refractivity contribution is 0.169. The summed E-state index contributed by atoms with van der Waals surface area (Å²) in [5.74, 6) is 2.62. The van der Waals surface area contributed by atoms with Crippen molar-refractivity contribution in [2.75, 3.05) is 26.9 Å². The van der Waals surface area contributed by atoms with Crippen LogP contribution in [0.3, 0.4) is 0 Å². The second kappa shape index (κ2) is 7.18. The standard InChI is InChI=1S/C18H21NO3/c1-20-16-7-5-14(6-8-16)9-10-19-13-15-3-2-4-17-18(15)22-12-11-21-17/h2-8,19H,9-13H2,1H3. The van der Waals surface area contributed by atoms with E-state index in [9.17, 15) is 0 Å². The summed E-state index contributed by atoms with van der Waals surface area (Å²) >= 11 is 0. The first-order chi connectivity index (χ1) is 10.9. The fourth-order valence-corrected chi connectivity index (χ4v) is 2.52. The number of hydrogen-bond donors (Lipinski definition) is 1. The van der Waals surface area contributed by atoms with Gasteiger partial charge < -0.3 is 19.5 Å². The number of rotatable bonds is 6. The van der Waals surface area contributed by atoms with Gasteiger partial charge in [-0.2, -0.15) is 0 Å². The van der Waals surface area contributed by atoms with Crippen molar-refractivity contribution in [3.63, 3.8) is 0 Å². The van der Waals surface area contributed by atoms with Crippen LogP contribution in [-0.2, 0) is 13.0 Å². The summed E-state index contributed by atoms with van der Waals surface area (Å²) in [7, 11) is 1.68. The molecule has 3 rings (SSSR count). The molecule has 1 heterocycles. The first kappa shape index (κ1) is 14.7. The van der Waals surface area contributed by atoms with Gasteiger partial charge in [0.05, 0.1) is 7.11 Å². The van der Waals surface area contributed by atoms with E-state index < -0.39 is 0 Å². The van der Waals surface area contributed by atoms with Crippen LogP contribution in [0.25, 0.3) is 0 Å². The third-order valence-corrected chi connectivity index (χ3v) is 3.71. The Morgan fingerprint density at radius 1 is 1.05 bits per heavy atom. The molecular formula is C18H21NO3. The molecule has 1 aliphatic heterocycles. The number of nitrogens with one attached hydrogen (secondary N) is 1. The van der Waals surface area contributed by atoms with Crippen molar-refractivity contribution >= 4 is 0 Å². The van der Waals surface area contributed by atoms with Crippen LogP contribution in [0, 0.1) is 0 Å². The first-order valence-corrected chi connectivity index (χ1v) is 7.58. The summed E-state index contributed by atoms with van der Waals surface area (Å²) < 4.78 is 16.5. The number of para-hydroxylation sites is 1. The smallest absolute Gasteiger partial charge is 0.165 e. The summed E-state index contributed by atoms with van der Waals surface area (Å²) in [4.78, 5) is 0. The molecule has 0 saturated carbocycles. The minimum Gasteiger partial charge on any atom is -0.497 e. The molecule has 0 saturated heterocycles. The van der Waals surface area contributed by atoms with Crippen LogP contribution in [0.15, 0.2) is 42.5 Å². The number of methoxy groups -OCH3 is 1. The summed E-state index contributed by atoms with van der Waals surface area (Å²) in [5, 5.41) is 3.46. The van der Waals surface area contributed by atoms with E-state index in [0.717, 1.165) is 42.3 Å². The Bertz CT molecular complexity index is 610. The molecule has 4 heteroatoms. The third kappa shape index (κ3) is 3.52. The summed E-state index contributed by atoms with van der Waals surface area (Å²) in [6.07, 6.45) is 0.983. The molecule has 0 aromatic heterocycles. The van der Waals surface area contributed by atoms with Crippen molar-refractivity contribution < 1.29 is 14.2 Å². The fraction of sp³-hybridized carbons (Fsp3) is 0.333. The van der Waals surface area contributed by atoms with E-state index in [2.05, 4.69) is 23.5 Å². The van der Waals surface area contributed by atoms with Crippen LogP contribution in [0.2, 0.25) is 0 Å². The van der Waals surface area contributed by atoms with Gasteiger partial charge in [0.2, 0.25) is 0 Å². The molecule has 0 unspecified atom stereocenters. The van der Waals surface area contributed by atoms with E-state index in [1.54, 1.807) is 7.11 Å². The first-order valence-electron chi connectivity index (χ1n) is 7.58. The predicted octanol–water partition coefficient (Wildman–Crippen LogP) is 2.80. The minimum atomic E-state index is 0.621. The second-order valence-electron chi connectivity index (χ2n) is 5.22. The van der Waals surface area contributed by atoms with Gasteiger partial charge in [-0.1, -0.05) is 24.3 Å². The molecule has 0 bridgehead atoms. The van der Waals surface area contributed by atoms with E-state index in [1.165, 1.54) is 5.56 Å². The van der Waals surface area contributed by atoms with Crippen LogP contribution in [0.4, 0.5) is 0 Å². The van der Waals surface area contributed by atoms with Gasteiger partial charge in [0.15, 0.2) is 11.5 Å². The van der Waals surface area contributed by atoms with Gasteiger partial charge in [0.25, 0.3) is 0 Å². The third-order valence-electron chi connectivity index (χ3n) is 3.71. The van der Waals surface area contributed by atoms with Crippen molar-refractivity contribution in [2.24, 2.45) is 0 Å². The normalized spacial score (nSPS) is 13.0. The number of benzene rings is 2. The van der Waals surface area contributed by atoms with Crippen molar-refractivity contribution in [3.05, 3.63) is 53.6 Å². The molecule has 116 valence electrons. The molecule has 4 nitrogen and oxygen atoms in total. The Labute approximate surface area is 131 Å². The zero-order chi connectivity index (χ0) is 15.2. The van der Waals surface area contributed by atoms with Crippen LogP contribution in [0.5, 0.6) is 17.2 Å². The Morgan fingerprint density at radius 2 is 1.86 bits per heavy atom. The summed E-state index contributed by atoms with van der Waals surface area (Å²) in [6.45, 7) is 2.94. The average Bonchev–Trinajstić information content (AvgIpc) is 2.59. The van der Waals surface area contributed by atoms with E-state index in [1.807, 2.05) is 24.3 Å². The van der Waals surface area contributed by atoms with Crippen molar-refractivity contribution in [1.82, 2.24) is 5.32 Å². The summed E-state index contributed by atoms with van der Waals surface area (Å²) in [5.41, 5.74) is 2.44. The lowest BCUT2D eigenvalue weighted by Gasteiger charge is -2.21. The molecule has 22 heavy (non-hydrogen) atoms. The van der Waals surface area contributed by atoms with Crippen molar-refractivity contribution in [3.8, 4) is 17.2 Å². The molecule has 0 aliphatic carbocycles. The maximum absolute atomic E-state index is 5.72. The lowest BCUT2D eigenvalue weighted by atomic mass is 10.1. The summed E-state index contributed by atoms with van der Waals surface area (Å²) in [6, 6.07) is 14.2. The van der Waals surface area contributed by atoms with E-state index in [0.29, 0.717) is 13.2 Å². The molecular weight excluding hydrogens is 278 g/mol. The molecule has 2 aromatic carbocycles. The van der Waals surface area contributed by atoms with Crippen molar-refractivity contribution in [1.29, 1.82) is 0 Å². The van der Waals surface area contributed by atoms with E-state index in [4.69, 9.17) is 14.2 Å². The fourth-order valence-electron chi connectivity index (χ4n) is 2.52.